The fraction of sp³-hybridized carbons (Fsp3) is 0.667. The van der Waals surface area contributed by atoms with Gasteiger partial charge in [0.1, 0.15) is 5.78 Å². The van der Waals surface area contributed by atoms with Crippen molar-refractivity contribution in [2.24, 2.45) is 5.92 Å². The van der Waals surface area contributed by atoms with E-state index in [1.54, 1.807) is 6.92 Å². The normalized spacial score (nSPS) is 11.9. The van der Waals surface area contributed by atoms with Crippen molar-refractivity contribution in [2.45, 2.75) is 20.3 Å². The largest absolute Gasteiger partial charge is 0.343 e. The molecule has 45 valence electrons. The molecule has 0 aromatic heterocycles. The minimum Gasteiger partial charge on any atom is -0.343 e. The Morgan fingerprint density at radius 2 is 2.12 bits per heavy atom. The third kappa shape index (κ3) is 4.92. The summed E-state index contributed by atoms with van der Waals surface area (Å²) in [6, 6.07) is 0. The fourth-order valence-electron chi connectivity index (χ4n) is 0.203. The molecule has 1 radical (unpaired) electrons. The Kier molecular flexibility index (Phi) is 8.53. The number of Topliss-reactive ketones (excluding diaryl/α,β-unsaturated/α-hetero) is 1. The third-order valence-electron chi connectivity index (χ3n) is 1.13. The second kappa shape index (κ2) is 5.90. The SMILES string of the molecule is [CH2-]C[C@H](C)C(C)=O.[Y]. The average Bonchev–Trinajstić information content (AvgIpc) is 1.65. The summed E-state index contributed by atoms with van der Waals surface area (Å²) in [7, 11) is 0. The molecule has 0 rings (SSSR count). The Labute approximate surface area is 76.1 Å². The van der Waals surface area contributed by atoms with Crippen molar-refractivity contribution >= 4 is 5.78 Å². The van der Waals surface area contributed by atoms with E-state index in [0.717, 1.165) is 6.42 Å². The van der Waals surface area contributed by atoms with Crippen LogP contribution in [0.2, 0.25) is 0 Å². The first-order valence-corrected chi connectivity index (χ1v) is 2.48. The van der Waals surface area contributed by atoms with Crippen molar-refractivity contribution in [1.29, 1.82) is 0 Å². The number of carbonyl (C=O) groups is 1. The number of ketones is 1. The summed E-state index contributed by atoms with van der Waals surface area (Å²) in [4.78, 5) is 10.3. The molecule has 2 heteroatoms. The number of carbonyl (C=O) groups excluding carboxylic acids is 1. The van der Waals surface area contributed by atoms with Crippen LogP contribution in [-0.2, 0) is 37.5 Å². The summed E-state index contributed by atoms with van der Waals surface area (Å²) in [6.07, 6.45) is 0.718. The first-order valence-electron chi connectivity index (χ1n) is 2.48. The van der Waals surface area contributed by atoms with Crippen LogP contribution >= 0.6 is 0 Å². The Hall–Kier alpha value is 0.774. The summed E-state index contributed by atoms with van der Waals surface area (Å²) < 4.78 is 0. The van der Waals surface area contributed by atoms with E-state index in [1.165, 1.54) is 0 Å². The molecule has 0 aliphatic heterocycles. The maximum atomic E-state index is 10.3. The van der Waals surface area contributed by atoms with Crippen molar-refractivity contribution in [3.8, 4) is 0 Å². The van der Waals surface area contributed by atoms with Crippen LogP contribution < -0.4 is 0 Å². The zero-order valence-electron chi connectivity index (χ0n) is 5.48. The van der Waals surface area contributed by atoms with Crippen molar-refractivity contribution in [1.82, 2.24) is 0 Å². The van der Waals surface area contributed by atoms with E-state index in [4.69, 9.17) is 0 Å². The molecule has 0 aromatic carbocycles. The van der Waals surface area contributed by atoms with Crippen LogP contribution in [0.25, 0.3) is 0 Å². The second-order valence-corrected chi connectivity index (χ2v) is 1.80. The standard InChI is InChI=1S/C6H11O.Y/c1-4-5(2)6(3)7;/h5H,1,4H2,2-3H3;/q-1;/t5-;/m0./s1. The van der Waals surface area contributed by atoms with Crippen LogP contribution in [0, 0.1) is 12.8 Å². The molecule has 0 aliphatic carbocycles. The molecule has 1 atom stereocenters. The molecule has 0 amide bonds. The molecular formula is C6H11OY-. The predicted molar refractivity (Wildman–Crippen MR) is 29.8 cm³/mol. The van der Waals surface area contributed by atoms with Gasteiger partial charge in [0.15, 0.2) is 0 Å². The zero-order valence-corrected chi connectivity index (χ0v) is 8.32. The van der Waals surface area contributed by atoms with Crippen molar-refractivity contribution in [3.05, 3.63) is 6.92 Å². The minimum atomic E-state index is 0. The number of hydrogen-bond acceptors (Lipinski definition) is 1. The monoisotopic (exact) mass is 188 g/mol. The van der Waals surface area contributed by atoms with Gasteiger partial charge in [0.2, 0.25) is 0 Å². The maximum absolute atomic E-state index is 10.3. The average molecular weight is 188 g/mol. The summed E-state index contributed by atoms with van der Waals surface area (Å²) in [5.41, 5.74) is 0. The van der Waals surface area contributed by atoms with Crippen LogP contribution in [0.1, 0.15) is 20.3 Å². The van der Waals surface area contributed by atoms with Gasteiger partial charge in [-0.15, -0.1) is 0 Å². The van der Waals surface area contributed by atoms with E-state index in [-0.39, 0.29) is 44.4 Å². The molecule has 0 fully saturated rings. The molecule has 0 spiro atoms. The van der Waals surface area contributed by atoms with Crippen LogP contribution in [0.15, 0.2) is 0 Å². The molecule has 8 heavy (non-hydrogen) atoms. The summed E-state index contributed by atoms with van der Waals surface area (Å²) in [5, 5.41) is 0. The fourth-order valence-corrected chi connectivity index (χ4v) is 0.203. The zero-order chi connectivity index (χ0) is 5.86. The van der Waals surface area contributed by atoms with Gasteiger partial charge in [-0.2, -0.15) is 6.42 Å². The maximum Gasteiger partial charge on any atom is 0.130 e. The second-order valence-electron chi connectivity index (χ2n) is 1.80. The predicted octanol–water partition coefficient (Wildman–Crippen LogP) is 1.43. The number of hydrogen-bond donors (Lipinski definition) is 0. The minimum absolute atomic E-state index is 0. The van der Waals surface area contributed by atoms with Crippen molar-refractivity contribution in [2.75, 3.05) is 0 Å². The summed E-state index contributed by atoms with van der Waals surface area (Å²) >= 11 is 0. The molecule has 0 saturated heterocycles. The molecule has 0 aliphatic rings. The summed E-state index contributed by atoms with van der Waals surface area (Å²) in [5.74, 6) is 0.384. The van der Waals surface area contributed by atoms with Crippen molar-refractivity contribution in [3.63, 3.8) is 0 Å². The number of rotatable bonds is 2. The Morgan fingerprint density at radius 3 is 2.12 bits per heavy atom. The first-order chi connectivity index (χ1) is 3.18. The van der Waals surface area contributed by atoms with Crippen LogP contribution in [0.4, 0.5) is 0 Å². The third-order valence-corrected chi connectivity index (χ3v) is 1.13. The molecule has 0 saturated carbocycles. The molecular weight excluding hydrogens is 177 g/mol. The Bertz CT molecular complexity index is 70.9. The van der Waals surface area contributed by atoms with Gasteiger partial charge < -0.3 is 6.92 Å². The quantitative estimate of drug-likeness (QED) is 0.599. The molecule has 1 nitrogen and oxygen atoms in total. The molecule has 0 N–H and O–H groups in total. The van der Waals surface area contributed by atoms with E-state index in [0.29, 0.717) is 0 Å². The van der Waals surface area contributed by atoms with Gasteiger partial charge in [0.25, 0.3) is 0 Å². The Morgan fingerprint density at radius 1 is 1.75 bits per heavy atom. The molecule has 0 heterocycles. The van der Waals surface area contributed by atoms with E-state index in [2.05, 4.69) is 6.92 Å². The van der Waals surface area contributed by atoms with Crippen molar-refractivity contribution < 1.29 is 37.5 Å². The van der Waals surface area contributed by atoms with Crippen LogP contribution in [0.3, 0.4) is 0 Å². The van der Waals surface area contributed by atoms with Gasteiger partial charge in [0.05, 0.1) is 0 Å². The van der Waals surface area contributed by atoms with E-state index >= 15 is 0 Å². The van der Waals surface area contributed by atoms with Gasteiger partial charge >= 0.3 is 0 Å². The van der Waals surface area contributed by atoms with Crippen LogP contribution in [0.5, 0.6) is 0 Å². The van der Waals surface area contributed by atoms with Gasteiger partial charge in [-0.1, -0.05) is 6.92 Å². The first kappa shape index (κ1) is 11.6. The molecule has 0 bridgehead atoms. The van der Waals surface area contributed by atoms with Gasteiger partial charge in [0, 0.05) is 32.7 Å². The smallest absolute Gasteiger partial charge is 0.130 e. The molecule has 0 aromatic rings. The summed E-state index contributed by atoms with van der Waals surface area (Å²) in [6.45, 7) is 7.06. The van der Waals surface area contributed by atoms with E-state index in [1.807, 2.05) is 6.92 Å². The van der Waals surface area contributed by atoms with E-state index < -0.39 is 0 Å². The van der Waals surface area contributed by atoms with Crippen LogP contribution in [-0.4, -0.2) is 5.78 Å². The van der Waals surface area contributed by atoms with Gasteiger partial charge in [-0.25, -0.2) is 0 Å². The van der Waals surface area contributed by atoms with Gasteiger partial charge in [-0.05, 0) is 12.8 Å². The topological polar surface area (TPSA) is 17.1 Å². The Balaban J connectivity index is 0. The van der Waals surface area contributed by atoms with Gasteiger partial charge in [-0.3, -0.25) is 4.79 Å². The van der Waals surface area contributed by atoms with E-state index in [9.17, 15) is 4.79 Å². The molecule has 0 unspecified atom stereocenters.